The van der Waals surface area contributed by atoms with E-state index in [4.69, 9.17) is 5.73 Å². The van der Waals surface area contributed by atoms with Crippen molar-refractivity contribution >= 4 is 5.91 Å². The molecule has 3 heteroatoms. The summed E-state index contributed by atoms with van der Waals surface area (Å²) in [5.41, 5.74) is 5.72. The highest BCUT2D eigenvalue weighted by Gasteiger charge is 2.31. The van der Waals surface area contributed by atoms with E-state index in [2.05, 4.69) is 20.8 Å². The van der Waals surface area contributed by atoms with Gasteiger partial charge < -0.3 is 10.6 Å². The van der Waals surface area contributed by atoms with Gasteiger partial charge in [0.25, 0.3) is 0 Å². The van der Waals surface area contributed by atoms with Gasteiger partial charge in [0.1, 0.15) is 0 Å². The van der Waals surface area contributed by atoms with E-state index in [1.54, 1.807) is 0 Å². The summed E-state index contributed by atoms with van der Waals surface area (Å²) < 4.78 is 0. The molecule has 1 aliphatic rings. The molecular weight excluding hydrogens is 212 g/mol. The largest absolute Gasteiger partial charge is 0.342 e. The third-order valence-electron chi connectivity index (χ3n) is 4.02. The van der Waals surface area contributed by atoms with Crippen LogP contribution < -0.4 is 5.73 Å². The lowest BCUT2D eigenvalue weighted by molar-refractivity contribution is -0.134. The quantitative estimate of drug-likeness (QED) is 0.801. The predicted octanol–water partition coefficient (Wildman–Crippen LogP) is 2.25. The Labute approximate surface area is 106 Å². The molecule has 17 heavy (non-hydrogen) atoms. The Morgan fingerprint density at radius 1 is 1.24 bits per heavy atom. The van der Waals surface area contributed by atoms with Crippen LogP contribution in [0.15, 0.2) is 0 Å². The number of carbonyl (C=O) groups excluding carboxylic acids is 1. The van der Waals surface area contributed by atoms with E-state index >= 15 is 0 Å². The van der Waals surface area contributed by atoms with Gasteiger partial charge in [0.05, 0.1) is 0 Å². The Kier molecular flexibility index (Phi) is 5.44. The molecule has 0 aromatic carbocycles. The summed E-state index contributed by atoms with van der Waals surface area (Å²) in [4.78, 5) is 14.3. The van der Waals surface area contributed by atoms with Crippen molar-refractivity contribution < 1.29 is 4.79 Å². The lowest BCUT2D eigenvalue weighted by Crippen LogP contribution is -2.33. The van der Waals surface area contributed by atoms with Crippen LogP contribution >= 0.6 is 0 Å². The molecule has 1 heterocycles. The van der Waals surface area contributed by atoms with Crippen LogP contribution in [-0.2, 0) is 4.79 Å². The highest BCUT2D eigenvalue weighted by Crippen LogP contribution is 2.24. The van der Waals surface area contributed by atoms with E-state index in [0.29, 0.717) is 17.7 Å². The van der Waals surface area contributed by atoms with Crippen molar-refractivity contribution in [2.24, 2.45) is 23.5 Å². The third-order valence-corrected chi connectivity index (χ3v) is 4.02. The Morgan fingerprint density at radius 3 is 2.24 bits per heavy atom. The van der Waals surface area contributed by atoms with Crippen LogP contribution in [-0.4, -0.2) is 29.9 Å². The van der Waals surface area contributed by atoms with Gasteiger partial charge in [-0.25, -0.2) is 0 Å². The van der Waals surface area contributed by atoms with Gasteiger partial charge in [-0.05, 0) is 31.6 Å². The van der Waals surface area contributed by atoms with Gasteiger partial charge in [0, 0.05) is 25.0 Å². The number of hydrogen-bond donors (Lipinski definition) is 1. The molecule has 1 aliphatic heterocycles. The molecule has 2 N–H and O–H groups in total. The van der Waals surface area contributed by atoms with Crippen LogP contribution in [0.2, 0.25) is 0 Å². The first-order valence-electron chi connectivity index (χ1n) is 6.96. The summed E-state index contributed by atoms with van der Waals surface area (Å²) in [5, 5.41) is 0. The van der Waals surface area contributed by atoms with Gasteiger partial charge in [-0.1, -0.05) is 27.2 Å². The van der Waals surface area contributed by atoms with Crippen molar-refractivity contribution in [3.8, 4) is 0 Å². The SMILES string of the molecule is CC(N)CCCC(C)C(=O)N1CC(C)C(C)C1. The van der Waals surface area contributed by atoms with Gasteiger partial charge in [0.2, 0.25) is 5.91 Å². The standard InChI is InChI=1S/C14H28N2O/c1-10(6-5-7-13(4)15)14(17)16-8-11(2)12(3)9-16/h10-13H,5-9,15H2,1-4H3. The molecule has 0 spiro atoms. The maximum Gasteiger partial charge on any atom is 0.225 e. The van der Waals surface area contributed by atoms with Crippen molar-refractivity contribution in [3.63, 3.8) is 0 Å². The van der Waals surface area contributed by atoms with Gasteiger partial charge in [-0.3, -0.25) is 4.79 Å². The minimum Gasteiger partial charge on any atom is -0.342 e. The molecule has 1 amide bonds. The maximum absolute atomic E-state index is 12.2. The monoisotopic (exact) mass is 240 g/mol. The molecule has 1 fully saturated rings. The van der Waals surface area contributed by atoms with Crippen molar-refractivity contribution in [3.05, 3.63) is 0 Å². The fourth-order valence-electron chi connectivity index (χ4n) is 2.49. The number of rotatable bonds is 5. The molecule has 100 valence electrons. The van der Waals surface area contributed by atoms with Crippen LogP contribution in [0.5, 0.6) is 0 Å². The second-order valence-corrected chi connectivity index (χ2v) is 6.01. The van der Waals surface area contributed by atoms with E-state index in [1.165, 1.54) is 0 Å². The van der Waals surface area contributed by atoms with Crippen molar-refractivity contribution in [1.82, 2.24) is 4.90 Å². The van der Waals surface area contributed by atoms with Crippen LogP contribution in [0.25, 0.3) is 0 Å². The third kappa shape index (κ3) is 4.30. The lowest BCUT2D eigenvalue weighted by atomic mass is 10.0. The van der Waals surface area contributed by atoms with E-state index < -0.39 is 0 Å². The average molecular weight is 240 g/mol. The summed E-state index contributed by atoms with van der Waals surface area (Å²) >= 11 is 0. The van der Waals surface area contributed by atoms with Gasteiger partial charge >= 0.3 is 0 Å². The summed E-state index contributed by atoms with van der Waals surface area (Å²) in [6.45, 7) is 10.4. The number of likely N-dealkylation sites (tertiary alicyclic amines) is 1. The summed E-state index contributed by atoms with van der Waals surface area (Å²) in [6, 6.07) is 0.254. The molecule has 4 unspecified atom stereocenters. The maximum atomic E-state index is 12.2. The minimum atomic E-state index is 0.159. The smallest absolute Gasteiger partial charge is 0.225 e. The first kappa shape index (κ1) is 14.5. The predicted molar refractivity (Wildman–Crippen MR) is 71.6 cm³/mol. The van der Waals surface area contributed by atoms with Crippen LogP contribution in [0.3, 0.4) is 0 Å². The molecule has 0 aliphatic carbocycles. The summed E-state index contributed by atoms with van der Waals surface area (Å²) in [5.74, 6) is 1.79. The topological polar surface area (TPSA) is 46.3 Å². The summed E-state index contributed by atoms with van der Waals surface area (Å²) in [6.07, 6.45) is 3.05. The molecule has 0 saturated carbocycles. The van der Waals surface area contributed by atoms with Crippen LogP contribution in [0.4, 0.5) is 0 Å². The Balaban J connectivity index is 2.32. The molecule has 1 rings (SSSR count). The highest BCUT2D eigenvalue weighted by atomic mass is 16.2. The van der Waals surface area contributed by atoms with Gasteiger partial charge in [0.15, 0.2) is 0 Å². The first-order valence-corrected chi connectivity index (χ1v) is 6.96. The van der Waals surface area contributed by atoms with E-state index in [9.17, 15) is 4.79 Å². The van der Waals surface area contributed by atoms with E-state index in [1.807, 2.05) is 11.8 Å². The zero-order valence-corrected chi connectivity index (χ0v) is 11.8. The average Bonchev–Trinajstić information content (AvgIpc) is 2.57. The van der Waals surface area contributed by atoms with E-state index in [-0.39, 0.29) is 12.0 Å². The molecule has 0 aromatic rings. The fourth-order valence-corrected chi connectivity index (χ4v) is 2.49. The van der Waals surface area contributed by atoms with Crippen molar-refractivity contribution in [1.29, 1.82) is 0 Å². The zero-order chi connectivity index (χ0) is 13.0. The Morgan fingerprint density at radius 2 is 1.76 bits per heavy atom. The van der Waals surface area contributed by atoms with Crippen molar-refractivity contribution in [2.45, 2.75) is 53.0 Å². The Bertz CT molecular complexity index is 243. The van der Waals surface area contributed by atoms with Crippen LogP contribution in [0, 0.1) is 17.8 Å². The number of nitrogens with two attached hydrogens (primary N) is 1. The fraction of sp³-hybridized carbons (Fsp3) is 0.929. The number of hydrogen-bond acceptors (Lipinski definition) is 2. The molecule has 0 aromatic heterocycles. The molecule has 0 radical (unpaired) electrons. The Hall–Kier alpha value is -0.570. The normalized spacial score (nSPS) is 28.2. The summed E-state index contributed by atoms with van der Waals surface area (Å²) in [7, 11) is 0. The lowest BCUT2D eigenvalue weighted by Gasteiger charge is -2.21. The van der Waals surface area contributed by atoms with Gasteiger partial charge in [-0.2, -0.15) is 0 Å². The van der Waals surface area contributed by atoms with E-state index in [0.717, 1.165) is 32.4 Å². The molecule has 3 nitrogen and oxygen atoms in total. The minimum absolute atomic E-state index is 0.159. The first-order chi connectivity index (χ1) is 7.91. The number of carbonyl (C=O) groups is 1. The van der Waals surface area contributed by atoms with Gasteiger partial charge in [-0.15, -0.1) is 0 Å². The molecular formula is C14H28N2O. The second-order valence-electron chi connectivity index (χ2n) is 6.01. The molecule has 4 atom stereocenters. The number of nitrogens with zero attached hydrogens (tertiary/aromatic N) is 1. The van der Waals surface area contributed by atoms with Crippen molar-refractivity contribution in [2.75, 3.05) is 13.1 Å². The molecule has 1 saturated heterocycles. The second kappa shape index (κ2) is 6.39. The zero-order valence-electron chi connectivity index (χ0n) is 11.8. The number of amides is 1. The highest BCUT2D eigenvalue weighted by molar-refractivity contribution is 5.78. The molecule has 0 bridgehead atoms. The van der Waals surface area contributed by atoms with Crippen LogP contribution in [0.1, 0.15) is 47.0 Å².